The van der Waals surface area contributed by atoms with Crippen LogP contribution in [0.3, 0.4) is 0 Å². The number of ether oxygens (including phenoxy) is 2. The maximum Gasteiger partial charge on any atom is 0.132 e. The van der Waals surface area contributed by atoms with Gasteiger partial charge in [0.15, 0.2) is 0 Å². The second kappa shape index (κ2) is 11.6. The first-order valence-corrected chi connectivity index (χ1v) is 5.63. The molecule has 4 heteroatoms. The fourth-order valence-corrected chi connectivity index (χ4v) is 0.984. The van der Waals surface area contributed by atoms with Gasteiger partial charge in [-0.05, 0) is 19.9 Å². The Labute approximate surface area is 92.3 Å². The van der Waals surface area contributed by atoms with Crippen molar-refractivity contribution in [3.05, 3.63) is 0 Å². The molecule has 0 unspecified atom stereocenters. The van der Waals surface area contributed by atoms with E-state index < -0.39 is 0 Å². The molecule has 0 amide bonds. The van der Waals surface area contributed by atoms with Gasteiger partial charge in [0.1, 0.15) is 5.78 Å². The smallest absolute Gasteiger partial charge is 0.132 e. The molecule has 0 fully saturated rings. The molecule has 0 bridgehead atoms. The molecule has 0 aromatic rings. The highest BCUT2D eigenvalue weighted by Crippen LogP contribution is 1.84. The van der Waals surface area contributed by atoms with E-state index in [-0.39, 0.29) is 5.78 Å². The number of Topliss-reactive ketones (excluding diaryl/α,β-unsaturated/α-hetero) is 1. The van der Waals surface area contributed by atoms with Crippen LogP contribution in [0.2, 0.25) is 0 Å². The van der Waals surface area contributed by atoms with E-state index in [1.807, 2.05) is 0 Å². The van der Waals surface area contributed by atoms with Crippen molar-refractivity contribution in [2.24, 2.45) is 0 Å². The zero-order valence-electron chi connectivity index (χ0n) is 9.88. The van der Waals surface area contributed by atoms with Crippen LogP contribution in [0.5, 0.6) is 0 Å². The molecule has 1 N–H and O–H groups in total. The number of carbonyl (C=O) groups excluding carboxylic acids is 1. The summed E-state index contributed by atoms with van der Waals surface area (Å²) >= 11 is 0. The average molecular weight is 217 g/mol. The minimum absolute atomic E-state index is 0.166. The summed E-state index contributed by atoms with van der Waals surface area (Å²) in [7, 11) is 0. The largest absolute Gasteiger partial charge is 0.379 e. The Hall–Kier alpha value is -0.450. The van der Waals surface area contributed by atoms with Crippen LogP contribution in [0.4, 0.5) is 0 Å². The molecule has 90 valence electrons. The van der Waals surface area contributed by atoms with Crippen LogP contribution < -0.4 is 5.32 Å². The van der Waals surface area contributed by atoms with Crippen LogP contribution >= 0.6 is 0 Å². The highest BCUT2D eigenvalue weighted by Gasteiger charge is 1.93. The second-order valence-corrected chi connectivity index (χ2v) is 3.43. The molecule has 0 radical (unpaired) electrons. The van der Waals surface area contributed by atoms with E-state index in [1.54, 1.807) is 6.92 Å². The van der Waals surface area contributed by atoms with Crippen LogP contribution in [0.1, 0.15) is 26.7 Å². The molecular formula is C11H23NO3. The van der Waals surface area contributed by atoms with Crippen LogP contribution in [-0.4, -0.2) is 45.3 Å². The van der Waals surface area contributed by atoms with Crippen molar-refractivity contribution in [1.82, 2.24) is 5.32 Å². The third-order valence-corrected chi connectivity index (χ3v) is 1.82. The topological polar surface area (TPSA) is 47.6 Å². The van der Waals surface area contributed by atoms with Gasteiger partial charge in [0, 0.05) is 13.0 Å². The molecule has 0 spiro atoms. The van der Waals surface area contributed by atoms with Gasteiger partial charge >= 0.3 is 0 Å². The third-order valence-electron chi connectivity index (χ3n) is 1.82. The van der Waals surface area contributed by atoms with Crippen molar-refractivity contribution in [2.45, 2.75) is 26.7 Å². The first kappa shape index (κ1) is 14.6. The molecule has 0 aliphatic carbocycles. The summed E-state index contributed by atoms with van der Waals surface area (Å²) in [6.07, 6.45) is 1.65. The monoisotopic (exact) mass is 217 g/mol. The molecule has 0 aliphatic rings. The summed E-state index contributed by atoms with van der Waals surface area (Å²) in [5.74, 6) is 0.166. The van der Waals surface area contributed by atoms with E-state index in [9.17, 15) is 4.79 Å². The first-order valence-electron chi connectivity index (χ1n) is 5.63. The van der Waals surface area contributed by atoms with Gasteiger partial charge in [-0.1, -0.05) is 6.92 Å². The minimum Gasteiger partial charge on any atom is -0.379 e. The van der Waals surface area contributed by atoms with Crippen LogP contribution in [0.15, 0.2) is 0 Å². The molecular weight excluding hydrogens is 194 g/mol. The first-order chi connectivity index (χ1) is 7.27. The van der Waals surface area contributed by atoms with Crippen molar-refractivity contribution in [2.75, 3.05) is 39.5 Å². The van der Waals surface area contributed by atoms with Crippen molar-refractivity contribution in [1.29, 1.82) is 0 Å². The summed E-state index contributed by atoms with van der Waals surface area (Å²) in [5, 5.41) is 3.24. The number of nitrogens with one attached hydrogen (secondary N) is 1. The average Bonchev–Trinajstić information content (AvgIpc) is 2.20. The van der Waals surface area contributed by atoms with Gasteiger partial charge in [-0.25, -0.2) is 0 Å². The normalized spacial score (nSPS) is 10.5. The Bertz CT molecular complexity index is 151. The van der Waals surface area contributed by atoms with Gasteiger partial charge in [-0.3, -0.25) is 4.79 Å². The molecule has 0 saturated carbocycles. The number of hydrogen-bond acceptors (Lipinski definition) is 4. The minimum atomic E-state index is 0.166. The lowest BCUT2D eigenvalue weighted by Crippen LogP contribution is -2.21. The Kier molecular flexibility index (Phi) is 11.3. The molecule has 0 saturated heterocycles. The van der Waals surface area contributed by atoms with E-state index in [1.165, 1.54) is 0 Å². The van der Waals surface area contributed by atoms with Crippen LogP contribution in [0.25, 0.3) is 0 Å². The maximum atomic E-state index is 10.6. The van der Waals surface area contributed by atoms with E-state index in [0.717, 1.165) is 26.1 Å². The summed E-state index contributed by atoms with van der Waals surface area (Å²) in [5.41, 5.74) is 0. The molecule has 0 aliphatic heterocycles. The molecule has 15 heavy (non-hydrogen) atoms. The van der Waals surface area contributed by atoms with Gasteiger partial charge in [0.25, 0.3) is 0 Å². The van der Waals surface area contributed by atoms with E-state index >= 15 is 0 Å². The number of rotatable bonds is 11. The highest BCUT2D eigenvalue weighted by atomic mass is 16.5. The van der Waals surface area contributed by atoms with Gasteiger partial charge in [-0.15, -0.1) is 0 Å². The SMILES string of the molecule is CCCNCCOCCOCCC(C)=O. The lowest BCUT2D eigenvalue weighted by molar-refractivity contribution is -0.118. The molecule has 0 rings (SSSR count). The fourth-order valence-electron chi connectivity index (χ4n) is 0.984. The van der Waals surface area contributed by atoms with Crippen molar-refractivity contribution in [3.8, 4) is 0 Å². The lowest BCUT2D eigenvalue weighted by Gasteiger charge is -2.05. The second-order valence-electron chi connectivity index (χ2n) is 3.43. The number of hydrogen-bond donors (Lipinski definition) is 1. The van der Waals surface area contributed by atoms with Crippen molar-refractivity contribution in [3.63, 3.8) is 0 Å². The maximum absolute atomic E-state index is 10.6. The number of carbonyl (C=O) groups is 1. The summed E-state index contributed by atoms with van der Waals surface area (Å²) < 4.78 is 10.5. The number of ketones is 1. The summed E-state index contributed by atoms with van der Waals surface area (Å²) in [6.45, 7) is 8.03. The Balaban J connectivity index is 2.89. The summed E-state index contributed by atoms with van der Waals surface area (Å²) in [4.78, 5) is 10.6. The standard InChI is InChI=1S/C11H23NO3/c1-3-5-12-6-8-15-10-9-14-7-4-11(2)13/h12H,3-10H2,1-2H3. The Morgan fingerprint density at radius 2 is 1.73 bits per heavy atom. The molecule has 0 atom stereocenters. The molecule has 0 aromatic carbocycles. The van der Waals surface area contributed by atoms with Crippen molar-refractivity contribution < 1.29 is 14.3 Å². The van der Waals surface area contributed by atoms with Gasteiger partial charge in [-0.2, -0.15) is 0 Å². The van der Waals surface area contributed by atoms with E-state index in [0.29, 0.717) is 26.2 Å². The Morgan fingerprint density at radius 1 is 1.07 bits per heavy atom. The van der Waals surface area contributed by atoms with Crippen LogP contribution in [-0.2, 0) is 14.3 Å². The zero-order valence-corrected chi connectivity index (χ0v) is 9.88. The lowest BCUT2D eigenvalue weighted by atomic mass is 10.3. The quantitative estimate of drug-likeness (QED) is 0.524. The molecule has 0 aromatic heterocycles. The van der Waals surface area contributed by atoms with E-state index in [4.69, 9.17) is 9.47 Å². The van der Waals surface area contributed by atoms with Gasteiger partial charge in [0.2, 0.25) is 0 Å². The van der Waals surface area contributed by atoms with Gasteiger partial charge < -0.3 is 14.8 Å². The van der Waals surface area contributed by atoms with Gasteiger partial charge in [0.05, 0.1) is 26.4 Å². The summed E-state index contributed by atoms with van der Waals surface area (Å²) in [6, 6.07) is 0. The third kappa shape index (κ3) is 13.6. The van der Waals surface area contributed by atoms with E-state index in [2.05, 4.69) is 12.2 Å². The molecule has 0 heterocycles. The fraction of sp³-hybridized carbons (Fsp3) is 0.909. The predicted octanol–water partition coefficient (Wildman–Crippen LogP) is 0.998. The van der Waals surface area contributed by atoms with Crippen LogP contribution in [0, 0.1) is 0 Å². The highest BCUT2D eigenvalue weighted by molar-refractivity contribution is 5.75. The molecule has 4 nitrogen and oxygen atoms in total. The zero-order chi connectivity index (χ0) is 11.4. The Morgan fingerprint density at radius 3 is 2.33 bits per heavy atom. The predicted molar refractivity (Wildman–Crippen MR) is 60.1 cm³/mol. The van der Waals surface area contributed by atoms with Crippen molar-refractivity contribution >= 4 is 5.78 Å².